The quantitative estimate of drug-likeness (QED) is 0.843. The number of nitrogens with zero attached hydrogens (tertiary/aromatic N) is 1. The Balaban J connectivity index is 2.11. The first-order chi connectivity index (χ1) is 7.16. The van der Waals surface area contributed by atoms with Crippen molar-refractivity contribution in [2.24, 2.45) is 0 Å². The Morgan fingerprint density at radius 2 is 2.07 bits per heavy atom. The summed E-state index contributed by atoms with van der Waals surface area (Å²) in [5, 5.41) is 9.34. The molecule has 15 heavy (non-hydrogen) atoms. The second kappa shape index (κ2) is 4.33. The SMILES string of the molecule is O=C(c1ccc(Br)cc1)N1CCC(O)C1. The van der Waals surface area contributed by atoms with Crippen LogP contribution in [0.15, 0.2) is 28.7 Å². The van der Waals surface area contributed by atoms with Crippen LogP contribution in [0.3, 0.4) is 0 Å². The van der Waals surface area contributed by atoms with E-state index in [0.717, 1.165) is 4.47 Å². The number of benzene rings is 1. The van der Waals surface area contributed by atoms with Crippen LogP contribution < -0.4 is 0 Å². The lowest BCUT2D eigenvalue weighted by atomic mass is 10.2. The van der Waals surface area contributed by atoms with Crippen molar-refractivity contribution in [3.63, 3.8) is 0 Å². The third-order valence-electron chi connectivity index (χ3n) is 2.54. The number of carbonyl (C=O) groups is 1. The molecular weight excluding hydrogens is 258 g/mol. The van der Waals surface area contributed by atoms with Gasteiger partial charge in [0, 0.05) is 23.1 Å². The molecule has 1 aliphatic rings. The highest BCUT2D eigenvalue weighted by Crippen LogP contribution is 2.15. The molecule has 1 unspecified atom stereocenters. The van der Waals surface area contributed by atoms with Crippen LogP contribution in [-0.4, -0.2) is 35.1 Å². The molecular formula is C11H12BrNO2. The Kier molecular flexibility index (Phi) is 3.07. The molecule has 1 fully saturated rings. The standard InChI is InChI=1S/C11H12BrNO2/c12-9-3-1-8(2-4-9)11(15)13-6-5-10(14)7-13/h1-4,10,14H,5-7H2. The van der Waals surface area contributed by atoms with Gasteiger partial charge in [-0.2, -0.15) is 0 Å². The number of carbonyl (C=O) groups excluding carboxylic acids is 1. The molecule has 1 heterocycles. The largest absolute Gasteiger partial charge is 0.391 e. The fourth-order valence-electron chi connectivity index (χ4n) is 1.70. The molecule has 0 bridgehead atoms. The number of hydrogen-bond donors (Lipinski definition) is 1. The van der Waals surface area contributed by atoms with Gasteiger partial charge >= 0.3 is 0 Å². The summed E-state index contributed by atoms with van der Waals surface area (Å²) in [7, 11) is 0. The van der Waals surface area contributed by atoms with Gasteiger partial charge in [-0.25, -0.2) is 0 Å². The molecule has 1 aliphatic heterocycles. The first-order valence-corrected chi connectivity index (χ1v) is 5.69. The maximum atomic E-state index is 11.9. The van der Waals surface area contributed by atoms with Gasteiger partial charge in [0.1, 0.15) is 0 Å². The van der Waals surface area contributed by atoms with Crippen molar-refractivity contribution >= 4 is 21.8 Å². The third-order valence-corrected chi connectivity index (χ3v) is 3.07. The second-order valence-corrected chi connectivity index (χ2v) is 4.62. The molecule has 0 aliphatic carbocycles. The second-order valence-electron chi connectivity index (χ2n) is 3.70. The van der Waals surface area contributed by atoms with E-state index in [-0.39, 0.29) is 12.0 Å². The lowest BCUT2D eigenvalue weighted by Crippen LogP contribution is -2.29. The summed E-state index contributed by atoms with van der Waals surface area (Å²) in [6, 6.07) is 7.27. The number of aliphatic hydroxyl groups excluding tert-OH is 1. The van der Waals surface area contributed by atoms with Gasteiger partial charge in [0.05, 0.1) is 6.10 Å². The van der Waals surface area contributed by atoms with Crippen molar-refractivity contribution in [1.82, 2.24) is 4.90 Å². The van der Waals surface area contributed by atoms with Crippen molar-refractivity contribution in [3.05, 3.63) is 34.3 Å². The maximum Gasteiger partial charge on any atom is 0.253 e. The summed E-state index contributed by atoms with van der Waals surface area (Å²) in [6.07, 6.45) is 0.326. The van der Waals surface area contributed by atoms with Gasteiger partial charge in [-0.15, -0.1) is 0 Å². The van der Waals surface area contributed by atoms with Crippen LogP contribution in [-0.2, 0) is 0 Å². The highest BCUT2D eigenvalue weighted by Gasteiger charge is 2.25. The van der Waals surface area contributed by atoms with E-state index in [1.54, 1.807) is 17.0 Å². The summed E-state index contributed by atoms with van der Waals surface area (Å²) < 4.78 is 0.959. The highest BCUT2D eigenvalue weighted by atomic mass is 79.9. The predicted molar refractivity (Wildman–Crippen MR) is 60.7 cm³/mol. The van der Waals surface area contributed by atoms with E-state index in [9.17, 15) is 9.90 Å². The molecule has 1 amide bonds. The number of amides is 1. The monoisotopic (exact) mass is 269 g/mol. The fourth-order valence-corrected chi connectivity index (χ4v) is 1.97. The zero-order valence-electron chi connectivity index (χ0n) is 8.19. The molecule has 1 atom stereocenters. The molecule has 0 radical (unpaired) electrons. The van der Waals surface area contributed by atoms with Gasteiger partial charge in [0.15, 0.2) is 0 Å². The van der Waals surface area contributed by atoms with E-state index in [2.05, 4.69) is 15.9 Å². The van der Waals surface area contributed by atoms with Crippen LogP contribution in [0.2, 0.25) is 0 Å². The van der Waals surface area contributed by atoms with Crippen molar-refractivity contribution in [2.45, 2.75) is 12.5 Å². The van der Waals surface area contributed by atoms with Crippen LogP contribution in [0.4, 0.5) is 0 Å². The topological polar surface area (TPSA) is 40.5 Å². The minimum absolute atomic E-state index is 0.000880. The van der Waals surface area contributed by atoms with E-state index in [0.29, 0.717) is 25.1 Å². The van der Waals surface area contributed by atoms with Gasteiger partial charge in [0.25, 0.3) is 5.91 Å². The van der Waals surface area contributed by atoms with Gasteiger partial charge in [-0.1, -0.05) is 15.9 Å². The van der Waals surface area contributed by atoms with Crippen molar-refractivity contribution < 1.29 is 9.90 Å². The maximum absolute atomic E-state index is 11.9. The highest BCUT2D eigenvalue weighted by molar-refractivity contribution is 9.10. The molecule has 3 nitrogen and oxygen atoms in total. The minimum atomic E-state index is -0.357. The number of rotatable bonds is 1. The molecule has 1 aromatic rings. The molecule has 2 rings (SSSR count). The molecule has 1 saturated heterocycles. The normalized spacial score (nSPS) is 20.7. The molecule has 1 aromatic carbocycles. The summed E-state index contributed by atoms with van der Waals surface area (Å²) in [4.78, 5) is 13.6. The summed E-state index contributed by atoms with van der Waals surface area (Å²) in [5.41, 5.74) is 0.673. The Hall–Kier alpha value is -0.870. The van der Waals surface area contributed by atoms with Gasteiger partial charge in [-0.05, 0) is 30.7 Å². The molecule has 4 heteroatoms. The van der Waals surface area contributed by atoms with E-state index < -0.39 is 0 Å². The number of likely N-dealkylation sites (tertiary alicyclic amines) is 1. The summed E-state index contributed by atoms with van der Waals surface area (Å²) in [5.74, 6) is -0.000880. The first-order valence-electron chi connectivity index (χ1n) is 4.90. The third kappa shape index (κ3) is 2.38. The van der Waals surface area contributed by atoms with Crippen molar-refractivity contribution in [1.29, 1.82) is 0 Å². The number of halogens is 1. The zero-order chi connectivity index (χ0) is 10.8. The lowest BCUT2D eigenvalue weighted by molar-refractivity contribution is 0.0765. The van der Waals surface area contributed by atoms with Crippen LogP contribution >= 0.6 is 15.9 Å². The Morgan fingerprint density at radius 1 is 1.40 bits per heavy atom. The molecule has 0 saturated carbocycles. The lowest BCUT2D eigenvalue weighted by Gasteiger charge is -2.15. The number of hydrogen-bond acceptors (Lipinski definition) is 2. The molecule has 0 aromatic heterocycles. The summed E-state index contributed by atoms with van der Waals surface area (Å²) in [6.45, 7) is 1.10. The van der Waals surface area contributed by atoms with Crippen LogP contribution in [0.5, 0.6) is 0 Å². The predicted octanol–water partition coefficient (Wildman–Crippen LogP) is 1.66. The van der Waals surface area contributed by atoms with Crippen LogP contribution in [0, 0.1) is 0 Å². The van der Waals surface area contributed by atoms with Crippen molar-refractivity contribution in [3.8, 4) is 0 Å². The fraction of sp³-hybridized carbons (Fsp3) is 0.364. The molecule has 0 spiro atoms. The average Bonchev–Trinajstić information content (AvgIpc) is 2.65. The summed E-state index contributed by atoms with van der Waals surface area (Å²) >= 11 is 3.32. The minimum Gasteiger partial charge on any atom is -0.391 e. The van der Waals surface area contributed by atoms with E-state index in [1.165, 1.54) is 0 Å². The zero-order valence-corrected chi connectivity index (χ0v) is 9.77. The van der Waals surface area contributed by atoms with Gasteiger partial charge in [-0.3, -0.25) is 4.79 Å². The van der Waals surface area contributed by atoms with E-state index in [4.69, 9.17) is 0 Å². The van der Waals surface area contributed by atoms with Gasteiger partial charge in [0.2, 0.25) is 0 Å². The van der Waals surface area contributed by atoms with Crippen LogP contribution in [0.1, 0.15) is 16.8 Å². The molecule has 1 N–H and O–H groups in total. The Labute approximate surface area is 96.8 Å². The van der Waals surface area contributed by atoms with E-state index >= 15 is 0 Å². The van der Waals surface area contributed by atoms with Crippen LogP contribution in [0.25, 0.3) is 0 Å². The Bertz CT molecular complexity index is 363. The molecule has 80 valence electrons. The average molecular weight is 270 g/mol. The van der Waals surface area contributed by atoms with Gasteiger partial charge < -0.3 is 10.0 Å². The Morgan fingerprint density at radius 3 is 2.60 bits per heavy atom. The first kappa shape index (κ1) is 10.6. The van der Waals surface area contributed by atoms with E-state index in [1.807, 2.05) is 12.1 Å². The van der Waals surface area contributed by atoms with Crippen molar-refractivity contribution in [2.75, 3.05) is 13.1 Å². The number of aliphatic hydroxyl groups is 1. The smallest absolute Gasteiger partial charge is 0.253 e. The number of β-amino-alcohol motifs (C(OH)–C–C–N with tert-alkyl or cyclic N) is 1.